The number of aliphatic hydroxyl groups excluding tert-OH is 2. The number of carbonyl (C=O) groups excluding carboxylic acids is 8. The van der Waals surface area contributed by atoms with Crippen LogP contribution in [0.3, 0.4) is 0 Å². The van der Waals surface area contributed by atoms with Gasteiger partial charge in [-0.25, -0.2) is 19.2 Å². The number of nitrogens with one attached hydrogen (secondary N) is 1. The zero-order chi connectivity index (χ0) is 52.0. The van der Waals surface area contributed by atoms with Crippen LogP contribution in [0, 0.1) is 16.7 Å². The molecule has 71 heavy (non-hydrogen) atoms. The summed E-state index contributed by atoms with van der Waals surface area (Å²) in [7, 11) is 0. The molecule has 2 aromatic rings. The molecule has 2 aromatic carbocycles. The molecule has 382 valence electrons. The summed E-state index contributed by atoms with van der Waals surface area (Å²) in [5, 5.41) is 40.7. The Morgan fingerprint density at radius 3 is 2.11 bits per heavy atom. The number of esters is 4. The van der Waals surface area contributed by atoms with E-state index in [2.05, 4.69) is 5.32 Å². The third-order valence-corrected chi connectivity index (χ3v) is 14.4. The lowest BCUT2D eigenvalue weighted by molar-refractivity contribution is -0.346. The lowest BCUT2D eigenvalue weighted by Gasteiger charge is -2.67. The van der Waals surface area contributed by atoms with Crippen LogP contribution in [0.5, 0.6) is 0 Å². The maximum Gasteiger partial charge on any atom is 0.408 e. The predicted molar refractivity (Wildman–Crippen MR) is 244 cm³/mol. The smallest absolute Gasteiger partial charge is 0.408 e. The fourth-order valence-electron chi connectivity index (χ4n) is 10.8. The van der Waals surface area contributed by atoms with Crippen LogP contribution in [-0.2, 0) is 61.9 Å². The number of Topliss-reactive ketones (excluding diaryl/α,β-unsaturated/α-hetero) is 1. The molecule has 0 spiro atoms. The maximum absolute atomic E-state index is 15.2. The Bertz CT molecular complexity index is 2500. The second kappa shape index (κ2) is 19.7. The number of hydrogen-bond donors (Lipinski definition) is 4. The van der Waals surface area contributed by atoms with Gasteiger partial charge in [0.05, 0.1) is 42.8 Å². The third kappa shape index (κ3) is 9.74. The highest BCUT2D eigenvalue weighted by molar-refractivity contribution is 6.12. The molecule has 11 atom stereocenters. The molecule has 3 fully saturated rings. The standard InChI is InChI=1S/C51H60N2O18/c1-27-31(67-45(62)40(68-36(58)25-65-22-21-53-34(56)19-20-35(53)57)38(29-15-11-9-12-16-29)52-46(63)71-47(3,4)5)24-51(64)43(69-44(61)30-17-13-10-14-18-30)41-49(8,42(60)39(59)37(27)48(51,6)7)32(55)23-33-50(41,26-66-33)70-28(2)54/h9-20,31-33,38-41,43,55,59,64H,21-26H2,1-8H3,(H,52,63)/t31-,32-,33+,38?,39+,40+,41-,43-,49+,50-,51+/m0/s1. The van der Waals surface area contributed by atoms with E-state index in [9.17, 15) is 44.1 Å². The van der Waals surface area contributed by atoms with E-state index in [0.717, 1.165) is 24.0 Å². The van der Waals surface area contributed by atoms with Crippen molar-refractivity contribution in [1.82, 2.24) is 10.2 Å². The maximum atomic E-state index is 15.2. The van der Waals surface area contributed by atoms with E-state index in [1.807, 2.05) is 0 Å². The molecule has 0 radical (unpaired) electrons. The SMILES string of the molecule is CC(=O)O[C@@]12CO[C@@H]1C[C@H](O)[C@@]1(C)C(=O)[C@H](O)C3=C(C)[C@@H](OC(=O)[C@H](OC(=O)COCCN4C(=O)C=CC4=O)C(NC(=O)OC(C)(C)C)c4ccccc4)C[C@@](O)([C@@H](OC(=O)c4ccccc4)[C@H]21)C3(C)C. The minimum Gasteiger partial charge on any atom is -0.455 e. The summed E-state index contributed by atoms with van der Waals surface area (Å²) in [6, 6.07) is 14.1. The molecule has 20 nitrogen and oxygen atoms in total. The van der Waals surface area contributed by atoms with Gasteiger partial charge in [-0.3, -0.25) is 24.1 Å². The fourth-order valence-corrected chi connectivity index (χ4v) is 10.8. The van der Waals surface area contributed by atoms with E-state index in [0.29, 0.717) is 0 Å². The molecule has 0 aromatic heterocycles. The number of fused-ring (bicyclic) bond motifs is 5. The molecule has 2 bridgehead atoms. The third-order valence-electron chi connectivity index (χ3n) is 14.4. The first-order valence-corrected chi connectivity index (χ1v) is 23.2. The molecule has 3 amide bonds. The summed E-state index contributed by atoms with van der Waals surface area (Å²) < 4.78 is 41.3. The second-order valence-electron chi connectivity index (χ2n) is 20.3. The molecule has 20 heteroatoms. The minimum absolute atomic E-state index is 0.0298. The molecule has 4 N–H and O–H groups in total. The average molecular weight is 989 g/mol. The highest BCUT2D eigenvalue weighted by atomic mass is 16.6. The van der Waals surface area contributed by atoms with E-state index in [4.69, 9.17) is 33.2 Å². The van der Waals surface area contributed by atoms with Gasteiger partial charge < -0.3 is 53.8 Å². The molecular weight excluding hydrogens is 929 g/mol. The Hall–Kier alpha value is -6.32. The lowest BCUT2D eigenvalue weighted by Crippen LogP contribution is -2.81. The first-order valence-electron chi connectivity index (χ1n) is 23.2. The fraction of sp³-hybridized carbons (Fsp3) is 0.529. The Morgan fingerprint density at radius 2 is 1.54 bits per heavy atom. The number of alkyl carbamates (subject to hydrolysis) is 1. The number of hydrogen-bond acceptors (Lipinski definition) is 18. The Morgan fingerprint density at radius 1 is 0.915 bits per heavy atom. The first-order chi connectivity index (χ1) is 33.3. The lowest BCUT2D eigenvalue weighted by atomic mass is 9.44. The number of nitrogens with zero attached hydrogens (tertiary/aromatic N) is 1. The number of aliphatic hydroxyl groups is 3. The second-order valence-corrected chi connectivity index (χ2v) is 20.3. The topological polar surface area (TPSA) is 277 Å². The summed E-state index contributed by atoms with van der Waals surface area (Å²) >= 11 is 0. The van der Waals surface area contributed by atoms with Gasteiger partial charge >= 0.3 is 30.0 Å². The van der Waals surface area contributed by atoms with E-state index in [1.54, 1.807) is 57.2 Å². The van der Waals surface area contributed by atoms with Gasteiger partial charge in [0.2, 0.25) is 6.10 Å². The van der Waals surface area contributed by atoms with Crippen LogP contribution in [0.1, 0.15) is 90.2 Å². The molecule has 7 rings (SSSR count). The Labute approximate surface area is 409 Å². The van der Waals surface area contributed by atoms with Crippen molar-refractivity contribution in [2.75, 3.05) is 26.4 Å². The molecule has 2 aliphatic heterocycles. The van der Waals surface area contributed by atoms with Gasteiger partial charge in [0.25, 0.3) is 11.8 Å². The number of amides is 3. The van der Waals surface area contributed by atoms with Crippen LogP contribution < -0.4 is 5.32 Å². The highest BCUT2D eigenvalue weighted by Crippen LogP contribution is 2.64. The average Bonchev–Trinajstić information content (AvgIpc) is 3.62. The van der Waals surface area contributed by atoms with Crippen molar-refractivity contribution >= 4 is 47.6 Å². The van der Waals surface area contributed by atoms with Crippen LogP contribution in [0.2, 0.25) is 0 Å². The summed E-state index contributed by atoms with van der Waals surface area (Å²) in [4.78, 5) is 110. The summed E-state index contributed by atoms with van der Waals surface area (Å²) in [5.74, 6) is -8.00. The summed E-state index contributed by atoms with van der Waals surface area (Å²) in [6.07, 6.45) is -10.1. The van der Waals surface area contributed by atoms with Gasteiger partial charge in [-0.15, -0.1) is 0 Å². The first kappa shape index (κ1) is 52.5. The van der Waals surface area contributed by atoms with Gasteiger partial charge in [0.1, 0.15) is 48.3 Å². The van der Waals surface area contributed by atoms with Crippen molar-refractivity contribution in [2.24, 2.45) is 16.7 Å². The number of imide groups is 1. The molecular formula is C51H60N2O18. The van der Waals surface area contributed by atoms with Crippen molar-refractivity contribution in [2.45, 2.75) is 128 Å². The van der Waals surface area contributed by atoms with Crippen molar-refractivity contribution in [3.05, 3.63) is 95.1 Å². The van der Waals surface area contributed by atoms with Gasteiger partial charge in [0.15, 0.2) is 11.4 Å². The molecule has 3 aliphatic carbocycles. The van der Waals surface area contributed by atoms with Gasteiger partial charge in [-0.1, -0.05) is 62.4 Å². The monoisotopic (exact) mass is 988 g/mol. The molecule has 1 saturated heterocycles. The molecule has 1 unspecified atom stereocenters. The zero-order valence-corrected chi connectivity index (χ0v) is 40.7. The van der Waals surface area contributed by atoms with Crippen LogP contribution in [0.15, 0.2) is 84.0 Å². The Kier molecular flexibility index (Phi) is 14.6. The van der Waals surface area contributed by atoms with E-state index in [-0.39, 0.29) is 48.5 Å². The molecule has 2 heterocycles. The number of ketones is 1. The van der Waals surface area contributed by atoms with Crippen LogP contribution in [0.4, 0.5) is 4.79 Å². The normalized spacial score (nSPS) is 30.6. The van der Waals surface area contributed by atoms with Crippen LogP contribution in [0.25, 0.3) is 0 Å². The van der Waals surface area contributed by atoms with Crippen molar-refractivity contribution in [1.29, 1.82) is 0 Å². The quantitative estimate of drug-likeness (QED) is 0.0696. The van der Waals surface area contributed by atoms with E-state index < -0.39 is 137 Å². The van der Waals surface area contributed by atoms with Crippen molar-refractivity contribution in [3.8, 4) is 0 Å². The van der Waals surface area contributed by atoms with Crippen molar-refractivity contribution < 1.29 is 86.8 Å². The predicted octanol–water partition coefficient (Wildman–Crippen LogP) is 2.75. The van der Waals surface area contributed by atoms with Crippen molar-refractivity contribution in [3.63, 3.8) is 0 Å². The van der Waals surface area contributed by atoms with Gasteiger partial charge in [0, 0.05) is 37.3 Å². The molecule has 5 aliphatic rings. The van der Waals surface area contributed by atoms with Crippen LogP contribution >= 0.6 is 0 Å². The highest BCUT2D eigenvalue weighted by Gasteiger charge is 2.78. The molecule has 2 saturated carbocycles. The van der Waals surface area contributed by atoms with Crippen LogP contribution in [-0.4, -0.2) is 148 Å². The number of ether oxygens (including phenoxy) is 7. The number of carbonyl (C=O) groups is 8. The van der Waals surface area contributed by atoms with Gasteiger partial charge in [-0.2, -0.15) is 0 Å². The minimum atomic E-state index is -2.48. The summed E-state index contributed by atoms with van der Waals surface area (Å²) in [6.45, 7) is 10.1. The summed E-state index contributed by atoms with van der Waals surface area (Å²) in [5.41, 5.74) is -8.97. The number of benzene rings is 2. The van der Waals surface area contributed by atoms with E-state index in [1.165, 1.54) is 52.0 Å². The Balaban J connectivity index is 1.32. The number of rotatable bonds is 14. The van der Waals surface area contributed by atoms with E-state index >= 15 is 9.59 Å². The zero-order valence-electron chi connectivity index (χ0n) is 40.7. The van der Waals surface area contributed by atoms with Gasteiger partial charge in [-0.05, 0) is 63.5 Å². The largest absolute Gasteiger partial charge is 0.455 e.